The van der Waals surface area contributed by atoms with E-state index >= 15 is 0 Å². The van der Waals surface area contributed by atoms with Gasteiger partial charge in [-0.05, 0) is 98.1 Å². The van der Waals surface area contributed by atoms with Gasteiger partial charge in [0.05, 0.1) is 24.2 Å². The number of aldehydes is 2. The molecule has 45 heavy (non-hydrogen) atoms. The monoisotopic (exact) mass is 615 g/mol. The topological polar surface area (TPSA) is 116 Å². The summed E-state index contributed by atoms with van der Waals surface area (Å²) in [5.74, 6) is 0.553. The number of nitrogens with zero attached hydrogens (tertiary/aromatic N) is 4. The van der Waals surface area contributed by atoms with Crippen LogP contribution in [-0.4, -0.2) is 77.5 Å². The molecule has 0 radical (unpaired) electrons. The number of unbranched alkanes of at least 4 members (excludes halogenated alkanes) is 2. The van der Waals surface area contributed by atoms with Gasteiger partial charge in [0.25, 0.3) is 0 Å². The molecule has 1 aromatic carbocycles. The van der Waals surface area contributed by atoms with Crippen LogP contribution in [0.2, 0.25) is 0 Å². The summed E-state index contributed by atoms with van der Waals surface area (Å²) in [6.07, 6.45) is 9.97. The van der Waals surface area contributed by atoms with Crippen LogP contribution >= 0.6 is 0 Å². The molecule has 0 unspecified atom stereocenters. The molecule has 2 aliphatic carbocycles. The van der Waals surface area contributed by atoms with Crippen molar-refractivity contribution in [3.63, 3.8) is 0 Å². The lowest BCUT2D eigenvalue weighted by molar-refractivity contribution is -0.131. The summed E-state index contributed by atoms with van der Waals surface area (Å²) in [7, 11) is 5.76. The minimum atomic E-state index is -0.893. The molecule has 0 aliphatic heterocycles. The fourth-order valence-electron chi connectivity index (χ4n) is 6.53. The average molecular weight is 616 g/mol. The van der Waals surface area contributed by atoms with Crippen LogP contribution in [0.15, 0.2) is 36.4 Å². The number of carbonyl (C=O) groups is 3. The first kappa shape index (κ1) is 32.3. The van der Waals surface area contributed by atoms with Gasteiger partial charge >= 0.3 is 0 Å². The van der Waals surface area contributed by atoms with Crippen molar-refractivity contribution in [2.24, 2.45) is 17.8 Å². The molecule has 0 saturated heterocycles. The Hall–Kier alpha value is -4.05. The second-order valence-electron chi connectivity index (χ2n) is 12.9. The van der Waals surface area contributed by atoms with E-state index in [1.54, 1.807) is 11.8 Å². The Morgan fingerprint density at radius 2 is 1.93 bits per heavy atom. The third-order valence-electron chi connectivity index (χ3n) is 9.17. The number of pyridine rings is 1. The van der Waals surface area contributed by atoms with Crippen LogP contribution in [0.3, 0.4) is 0 Å². The summed E-state index contributed by atoms with van der Waals surface area (Å²) in [5.41, 5.74) is 2.52. The number of ether oxygens (including phenoxy) is 2. The summed E-state index contributed by atoms with van der Waals surface area (Å²) in [6.45, 7) is 6.91. The molecular weight excluding hydrogens is 570 g/mol. The number of hydrogen-bond donors (Lipinski definition) is 1. The van der Waals surface area contributed by atoms with Crippen LogP contribution in [0.4, 0.5) is 0 Å². The van der Waals surface area contributed by atoms with E-state index in [4.69, 9.17) is 14.5 Å². The summed E-state index contributed by atoms with van der Waals surface area (Å²) in [5, 5.41) is 8.43. The number of rotatable bonds is 14. The highest BCUT2D eigenvalue weighted by atomic mass is 16.5. The van der Waals surface area contributed by atoms with Crippen molar-refractivity contribution in [1.82, 2.24) is 25.0 Å². The Labute approximate surface area is 265 Å². The molecule has 2 aromatic heterocycles. The second kappa shape index (κ2) is 13.5. The average Bonchev–Trinajstić information content (AvgIpc) is 3.33. The highest BCUT2D eigenvalue weighted by molar-refractivity contribution is 5.90. The highest BCUT2D eigenvalue weighted by Gasteiger charge is 2.55. The van der Waals surface area contributed by atoms with Gasteiger partial charge in [-0.2, -0.15) is 5.10 Å². The van der Waals surface area contributed by atoms with Crippen molar-refractivity contribution in [3.8, 4) is 17.3 Å². The first-order valence-electron chi connectivity index (χ1n) is 15.8. The fraction of sp³-hybridized carbons (Fsp3) is 0.514. The molecule has 1 N–H and O–H groups in total. The van der Waals surface area contributed by atoms with E-state index in [1.807, 2.05) is 51.1 Å². The third kappa shape index (κ3) is 6.96. The molecule has 5 rings (SSSR count). The van der Waals surface area contributed by atoms with Gasteiger partial charge in [0, 0.05) is 34.5 Å². The van der Waals surface area contributed by atoms with Gasteiger partial charge < -0.3 is 29.3 Å². The standard InChI is InChI=1S/C35H45N5O5/c1-22-15-23(2)40(38-22)32-18-31(28-12-13-30(44-6)24(3)33(28)36-32)45-27-16-25(20-41)29(17-27)34(43)37-35(21-42)19-26(35)11-9-7-8-10-14-39(4)5/h9,11-13,15,18,20-21,25-27,29H,7-8,10,14,16-17,19H2,1-6H3,(H,37,43)/b11-9-/t25-,26+,27-,29+,35-/m0/s1. The molecule has 240 valence electrons. The molecular formula is C35H45N5O5. The van der Waals surface area contributed by atoms with Gasteiger partial charge in [-0.1, -0.05) is 12.2 Å². The number of methoxy groups -OCH3 is 1. The summed E-state index contributed by atoms with van der Waals surface area (Å²) >= 11 is 0. The molecule has 2 heterocycles. The zero-order chi connectivity index (χ0) is 32.3. The van der Waals surface area contributed by atoms with E-state index in [-0.39, 0.29) is 17.9 Å². The molecule has 0 bridgehead atoms. The highest BCUT2D eigenvalue weighted by Crippen LogP contribution is 2.44. The zero-order valence-corrected chi connectivity index (χ0v) is 27.2. The second-order valence-corrected chi connectivity index (χ2v) is 12.9. The molecule has 2 fully saturated rings. The Morgan fingerprint density at radius 1 is 1.13 bits per heavy atom. The largest absolute Gasteiger partial charge is 0.496 e. The summed E-state index contributed by atoms with van der Waals surface area (Å²) in [6, 6.07) is 7.65. The van der Waals surface area contributed by atoms with Gasteiger partial charge in [0.1, 0.15) is 35.7 Å². The zero-order valence-electron chi connectivity index (χ0n) is 27.2. The first-order valence-corrected chi connectivity index (χ1v) is 15.8. The number of aromatic nitrogens is 3. The van der Waals surface area contributed by atoms with Crippen LogP contribution < -0.4 is 14.8 Å². The van der Waals surface area contributed by atoms with E-state index in [2.05, 4.69) is 35.5 Å². The van der Waals surface area contributed by atoms with Crippen LogP contribution in [0.1, 0.15) is 55.5 Å². The molecule has 10 heteroatoms. The summed E-state index contributed by atoms with van der Waals surface area (Å²) in [4.78, 5) is 44.9. The minimum Gasteiger partial charge on any atom is -0.496 e. The molecule has 1 amide bonds. The maximum Gasteiger partial charge on any atom is 0.224 e. The maximum absolute atomic E-state index is 13.5. The molecule has 10 nitrogen and oxygen atoms in total. The molecule has 2 saturated carbocycles. The predicted octanol–water partition coefficient (Wildman–Crippen LogP) is 4.69. The van der Waals surface area contributed by atoms with E-state index in [1.165, 1.54) is 0 Å². The Balaban J connectivity index is 1.31. The lowest BCUT2D eigenvalue weighted by Gasteiger charge is -2.19. The van der Waals surface area contributed by atoms with Crippen molar-refractivity contribution in [2.45, 2.75) is 70.9 Å². The fourth-order valence-corrected chi connectivity index (χ4v) is 6.53. The number of carbonyl (C=O) groups excluding carboxylic acids is 3. The minimum absolute atomic E-state index is 0.0212. The van der Waals surface area contributed by atoms with E-state index in [9.17, 15) is 14.4 Å². The van der Waals surface area contributed by atoms with Gasteiger partial charge in [-0.25, -0.2) is 9.67 Å². The molecule has 3 aromatic rings. The van der Waals surface area contributed by atoms with Crippen LogP contribution in [0, 0.1) is 38.5 Å². The lowest BCUT2D eigenvalue weighted by atomic mass is 9.96. The van der Waals surface area contributed by atoms with Crippen molar-refractivity contribution in [1.29, 1.82) is 0 Å². The van der Waals surface area contributed by atoms with Gasteiger partial charge in [-0.3, -0.25) is 4.79 Å². The number of aryl methyl sites for hydroxylation is 3. The van der Waals surface area contributed by atoms with E-state index < -0.39 is 17.4 Å². The lowest BCUT2D eigenvalue weighted by Crippen LogP contribution is -2.44. The predicted molar refractivity (Wildman–Crippen MR) is 173 cm³/mol. The normalized spacial score (nSPS) is 24.3. The maximum atomic E-state index is 13.5. The third-order valence-corrected chi connectivity index (χ3v) is 9.17. The van der Waals surface area contributed by atoms with Crippen LogP contribution in [0.5, 0.6) is 11.5 Å². The smallest absolute Gasteiger partial charge is 0.224 e. The SMILES string of the molecule is COc1ccc2c(O[C@H]3C[C@@H](C=O)[C@H](C(=O)N[C@]4(C=O)C[C@H]4/C=C\CCCCN(C)C)C3)cc(-n3nc(C)cc3C)nc2c1C. The molecule has 5 atom stereocenters. The molecule has 0 spiro atoms. The Bertz CT molecular complexity index is 1600. The van der Waals surface area contributed by atoms with Gasteiger partial charge in [-0.15, -0.1) is 0 Å². The van der Waals surface area contributed by atoms with E-state index in [0.29, 0.717) is 36.6 Å². The molecule has 2 aliphatic rings. The van der Waals surface area contributed by atoms with Gasteiger partial charge in [0.15, 0.2) is 5.82 Å². The van der Waals surface area contributed by atoms with Crippen molar-refractivity contribution >= 4 is 29.4 Å². The quantitative estimate of drug-likeness (QED) is 0.158. The first-order chi connectivity index (χ1) is 21.6. The number of fused-ring (bicyclic) bond motifs is 1. The van der Waals surface area contributed by atoms with Gasteiger partial charge in [0.2, 0.25) is 5.91 Å². The Kier molecular flexibility index (Phi) is 9.72. The van der Waals surface area contributed by atoms with Crippen LogP contribution in [-0.2, 0) is 14.4 Å². The van der Waals surface area contributed by atoms with Crippen molar-refractivity contribution < 1.29 is 23.9 Å². The Morgan fingerprint density at radius 3 is 2.60 bits per heavy atom. The number of amides is 1. The van der Waals surface area contributed by atoms with Crippen molar-refractivity contribution in [3.05, 3.63) is 53.4 Å². The van der Waals surface area contributed by atoms with Crippen molar-refractivity contribution in [2.75, 3.05) is 27.7 Å². The number of benzene rings is 1. The summed E-state index contributed by atoms with van der Waals surface area (Å²) < 4.78 is 13.9. The number of nitrogens with one attached hydrogen (secondary N) is 1. The van der Waals surface area contributed by atoms with Crippen LogP contribution in [0.25, 0.3) is 16.7 Å². The number of allylic oxidation sites excluding steroid dienone is 1. The number of hydrogen-bond acceptors (Lipinski definition) is 8. The van der Waals surface area contributed by atoms with E-state index in [0.717, 1.165) is 66.2 Å².